The van der Waals surface area contributed by atoms with Gasteiger partial charge in [-0.3, -0.25) is 0 Å². The first kappa shape index (κ1) is 13.3. The topological polar surface area (TPSA) is 24.9 Å². The molecule has 1 heterocycles. The van der Waals surface area contributed by atoms with Gasteiger partial charge in [-0.05, 0) is 37.1 Å². The molecular weight excluding hydrogens is 295 g/mol. The molecule has 1 N–H and O–H groups in total. The molecule has 1 aromatic heterocycles. The van der Waals surface area contributed by atoms with Crippen molar-refractivity contribution in [1.29, 1.82) is 0 Å². The van der Waals surface area contributed by atoms with Crippen LogP contribution < -0.4 is 5.32 Å². The number of pyridine rings is 1. The van der Waals surface area contributed by atoms with Crippen LogP contribution in [0, 0.1) is 5.82 Å². The Hall–Kier alpha value is -1.16. The standard InChI is InChI=1S/C14H16BrFN2/c1-3-5-9-6-10-7-11(15)8-12(16)13(10)18-14(9)17-4-2/h6-8H,3-5H2,1-2H3,(H,17,18). The molecule has 0 atom stereocenters. The average molecular weight is 311 g/mol. The summed E-state index contributed by atoms with van der Waals surface area (Å²) in [6.07, 6.45) is 1.99. The molecule has 0 unspecified atom stereocenters. The van der Waals surface area contributed by atoms with Crippen LogP contribution in [-0.2, 0) is 6.42 Å². The maximum atomic E-state index is 13.9. The highest BCUT2D eigenvalue weighted by Crippen LogP contribution is 2.26. The van der Waals surface area contributed by atoms with Crippen molar-refractivity contribution in [2.75, 3.05) is 11.9 Å². The summed E-state index contributed by atoms with van der Waals surface area (Å²) in [4.78, 5) is 4.42. The molecule has 0 spiro atoms. The van der Waals surface area contributed by atoms with E-state index >= 15 is 0 Å². The van der Waals surface area contributed by atoms with E-state index in [-0.39, 0.29) is 5.82 Å². The van der Waals surface area contributed by atoms with Crippen molar-refractivity contribution in [3.63, 3.8) is 0 Å². The quantitative estimate of drug-likeness (QED) is 0.898. The highest BCUT2D eigenvalue weighted by Gasteiger charge is 2.10. The third-order valence-electron chi connectivity index (χ3n) is 2.78. The van der Waals surface area contributed by atoms with Crippen LogP contribution in [0.5, 0.6) is 0 Å². The Morgan fingerprint density at radius 2 is 2.06 bits per heavy atom. The third kappa shape index (κ3) is 2.64. The van der Waals surface area contributed by atoms with Crippen molar-refractivity contribution in [3.05, 3.63) is 34.1 Å². The van der Waals surface area contributed by atoms with E-state index in [4.69, 9.17) is 0 Å². The van der Waals surface area contributed by atoms with Gasteiger partial charge in [0.2, 0.25) is 0 Å². The third-order valence-corrected chi connectivity index (χ3v) is 3.24. The number of fused-ring (bicyclic) bond motifs is 1. The normalized spacial score (nSPS) is 10.9. The molecule has 0 aliphatic carbocycles. The van der Waals surface area contributed by atoms with Crippen molar-refractivity contribution in [3.8, 4) is 0 Å². The van der Waals surface area contributed by atoms with Gasteiger partial charge in [0.1, 0.15) is 11.3 Å². The summed E-state index contributed by atoms with van der Waals surface area (Å²) >= 11 is 3.31. The van der Waals surface area contributed by atoms with E-state index in [1.807, 2.05) is 19.1 Å². The van der Waals surface area contributed by atoms with E-state index in [2.05, 4.69) is 33.2 Å². The van der Waals surface area contributed by atoms with Gasteiger partial charge in [-0.25, -0.2) is 9.37 Å². The van der Waals surface area contributed by atoms with Crippen molar-refractivity contribution in [2.45, 2.75) is 26.7 Å². The van der Waals surface area contributed by atoms with Gasteiger partial charge < -0.3 is 5.32 Å². The number of rotatable bonds is 4. The van der Waals surface area contributed by atoms with E-state index in [1.165, 1.54) is 6.07 Å². The van der Waals surface area contributed by atoms with Gasteiger partial charge in [-0.1, -0.05) is 29.3 Å². The fourth-order valence-corrected chi connectivity index (χ4v) is 2.48. The van der Waals surface area contributed by atoms with Gasteiger partial charge in [-0.15, -0.1) is 0 Å². The molecule has 2 rings (SSSR count). The summed E-state index contributed by atoms with van der Waals surface area (Å²) in [6.45, 7) is 4.92. The largest absolute Gasteiger partial charge is 0.370 e. The maximum Gasteiger partial charge on any atom is 0.150 e. The van der Waals surface area contributed by atoms with Crippen LogP contribution in [0.3, 0.4) is 0 Å². The van der Waals surface area contributed by atoms with Crippen molar-refractivity contribution in [2.24, 2.45) is 0 Å². The van der Waals surface area contributed by atoms with Crippen LogP contribution in [0.1, 0.15) is 25.8 Å². The number of nitrogens with zero attached hydrogens (tertiary/aromatic N) is 1. The molecule has 4 heteroatoms. The molecule has 0 amide bonds. The van der Waals surface area contributed by atoms with Crippen LogP contribution in [0.4, 0.5) is 10.2 Å². The van der Waals surface area contributed by atoms with E-state index < -0.39 is 0 Å². The minimum atomic E-state index is -0.290. The second-order valence-electron chi connectivity index (χ2n) is 4.24. The number of aromatic nitrogens is 1. The average Bonchev–Trinajstić information content (AvgIpc) is 2.31. The number of nitrogens with one attached hydrogen (secondary N) is 1. The van der Waals surface area contributed by atoms with E-state index in [1.54, 1.807) is 0 Å². The van der Waals surface area contributed by atoms with Gasteiger partial charge in [0.05, 0.1) is 0 Å². The zero-order valence-corrected chi connectivity index (χ0v) is 12.1. The lowest BCUT2D eigenvalue weighted by molar-refractivity contribution is 0.636. The maximum absolute atomic E-state index is 13.9. The highest BCUT2D eigenvalue weighted by molar-refractivity contribution is 9.10. The Balaban J connectivity index is 2.63. The second-order valence-corrected chi connectivity index (χ2v) is 5.15. The van der Waals surface area contributed by atoms with Gasteiger partial charge in [0, 0.05) is 16.4 Å². The fraction of sp³-hybridized carbons (Fsp3) is 0.357. The molecule has 0 radical (unpaired) electrons. The Kier molecular flexibility index (Phi) is 4.17. The summed E-state index contributed by atoms with van der Waals surface area (Å²) in [5.74, 6) is 0.509. The van der Waals surface area contributed by atoms with Gasteiger partial charge in [0.25, 0.3) is 0 Å². The van der Waals surface area contributed by atoms with Crippen LogP contribution >= 0.6 is 15.9 Å². The van der Waals surface area contributed by atoms with Crippen LogP contribution in [0.15, 0.2) is 22.7 Å². The Morgan fingerprint density at radius 1 is 1.28 bits per heavy atom. The lowest BCUT2D eigenvalue weighted by Gasteiger charge is -2.11. The SMILES string of the molecule is CCCc1cc2cc(Br)cc(F)c2nc1NCC. The summed E-state index contributed by atoms with van der Waals surface area (Å²) in [5, 5.41) is 4.05. The summed E-state index contributed by atoms with van der Waals surface area (Å²) in [7, 11) is 0. The Labute approximate surface area is 115 Å². The van der Waals surface area contributed by atoms with Gasteiger partial charge in [-0.2, -0.15) is 0 Å². The lowest BCUT2D eigenvalue weighted by Crippen LogP contribution is -2.04. The molecule has 2 aromatic rings. The zero-order chi connectivity index (χ0) is 13.1. The lowest BCUT2D eigenvalue weighted by atomic mass is 10.1. The first-order chi connectivity index (χ1) is 8.65. The molecule has 2 nitrogen and oxygen atoms in total. The number of hydrogen-bond acceptors (Lipinski definition) is 2. The van der Waals surface area contributed by atoms with Crippen LogP contribution in [-0.4, -0.2) is 11.5 Å². The first-order valence-electron chi connectivity index (χ1n) is 6.18. The molecule has 96 valence electrons. The molecule has 0 saturated carbocycles. The minimum absolute atomic E-state index is 0.290. The molecular formula is C14H16BrFN2. The van der Waals surface area contributed by atoms with Crippen molar-refractivity contribution >= 4 is 32.7 Å². The second kappa shape index (κ2) is 5.65. The van der Waals surface area contributed by atoms with E-state index in [0.29, 0.717) is 5.52 Å². The monoisotopic (exact) mass is 310 g/mol. The summed E-state index contributed by atoms with van der Waals surface area (Å²) < 4.78 is 14.6. The zero-order valence-electron chi connectivity index (χ0n) is 10.6. The number of hydrogen-bond donors (Lipinski definition) is 1. The van der Waals surface area contributed by atoms with Gasteiger partial charge >= 0.3 is 0 Å². The summed E-state index contributed by atoms with van der Waals surface area (Å²) in [5.41, 5.74) is 1.57. The number of anilines is 1. The molecule has 0 saturated heterocycles. The van der Waals surface area contributed by atoms with Crippen LogP contribution in [0.2, 0.25) is 0 Å². The van der Waals surface area contributed by atoms with Gasteiger partial charge in [0.15, 0.2) is 5.82 Å². The molecule has 0 bridgehead atoms. The smallest absolute Gasteiger partial charge is 0.150 e. The molecule has 0 aliphatic rings. The van der Waals surface area contributed by atoms with Crippen molar-refractivity contribution in [1.82, 2.24) is 4.98 Å². The van der Waals surface area contributed by atoms with E-state index in [9.17, 15) is 4.39 Å². The number of benzene rings is 1. The minimum Gasteiger partial charge on any atom is -0.370 e. The molecule has 18 heavy (non-hydrogen) atoms. The number of halogens is 2. The molecule has 0 fully saturated rings. The molecule has 1 aromatic carbocycles. The van der Waals surface area contributed by atoms with Crippen LogP contribution in [0.25, 0.3) is 10.9 Å². The predicted molar refractivity (Wildman–Crippen MR) is 77.6 cm³/mol. The summed E-state index contributed by atoms with van der Waals surface area (Å²) in [6, 6.07) is 5.38. The van der Waals surface area contributed by atoms with E-state index in [0.717, 1.165) is 40.6 Å². The predicted octanol–water partition coefficient (Wildman–Crippen LogP) is 4.52. The molecule has 0 aliphatic heterocycles. The Bertz CT molecular complexity index is 569. The fourth-order valence-electron chi connectivity index (χ4n) is 2.03. The van der Waals surface area contributed by atoms with Crippen molar-refractivity contribution < 1.29 is 4.39 Å². The Morgan fingerprint density at radius 3 is 2.72 bits per heavy atom. The highest BCUT2D eigenvalue weighted by atomic mass is 79.9. The number of aryl methyl sites for hydroxylation is 1. The first-order valence-corrected chi connectivity index (χ1v) is 6.97.